The van der Waals surface area contributed by atoms with E-state index in [1.807, 2.05) is 0 Å². The van der Waals surface area contributed by atoms with E-state index in [0.29, 0.717) is 6.04 Å². The molecule has 0 bridgehead atoms. The Bertz CT molecular complexity index is 217. The summed E-state index contributed by atoms with van der Waals surface area (Å²) in [5, 5.41) is 0. The van der Waals surface area contributed by atoms with E-state index in [2.05, 4.69) is 32.6 Å². The van der Waals surface area contributed by atoms with Crippen molar-refractivity contribution in [2.45, 2.75) is 76.9 Å². The van der Waals surface area contributed by atoms with Crippen molar-refractivity contribution in [3.05, 3.63) is 0 Å². The molecule has 0 radical (unpaired) electrons. The average Bonchev–Trinajstić information content (AvgIpc) is 2.38. The first-order chi connectivity index (χ1) is 7.70. The van der Waals surface area contributed by atoms with Gasteiger partial charge in [-0.2, -0.15) is 0 Å². The molecular formula is C14H31N3. The summed E-state index contributed by atoms with van der Waals surface area (Å²) in [5.41, 5.74) is 12.2. The molecule has 0 spiro atoms. The van der Waals surface area contributed by atoms with Crippen LogP contribution in [0.3, 0.4) is 0 Å². The van der Waals surface area contributed by atoms with Crippen LogP contribution in [0.4, 0.5) is 0 Å². The molecule has 0 aromatic rings. The molecule has 1 unspecified atom stereocenters. The van der Waals surface area contributed by atoms with Gasteiger partial charge in [0.15, 0.2) is 0 Å². The van der Waals surface area contributed by atoms with Gasteiger partial charge in [0, 0.05) is 17.1 Å². The number of hydrogen-bond acceptors (Lipinski definition) is 3. The van der Waals surface area contributed by atoms with Crippen molar-refractivity contribution in [1.82, 2.24) is 4.90 Å². The maximum absolute atomic E-state index is 6.37. The summed E-state index contributed by atoms with van der Waals surface area (Å²) in [7, 11) is 0. The van der Waals surface area contributed by atoms with Gasteiger partial charge in [0.2, 0.25) is 0 Å². The van der Waals surface area contributed by atoms with E-state index in [-0.39, 0.29) is 11.1 Å². The van der Waals surface area contributed by atoms with Gasteiger partial charge in [-0.1, -0.05) is 12.8 Å². The van der Waals surface area contributed by atoms with Crippen LogP contribution in [0.1, 0.15) is 59.8 Å². The van der Waals surface area contributed by atoms with Gasteiger partial charge in [-0.25, -0.2) is 0 Å². The standard InChI is InChI=1S/C14H31N3/c1-13(2,15)11-12(14(3,4)16)17-9-7-5-6-8-10-17/h12H,5-11,15-16H2,1-4H3. The van der Waals surface area contributed by atoms with Crippen molar-refractivity contribution in [2.24, 2.45) is 11.5 Å². The van der Waals surface area contributed by atoms with Crippen LogP contribution < -0.4 is 11.5 Å². The Kier molecular flexibility index (Phi) is 4.99. The van der Waals surface area contributed by atoms with E-state index in [4.69, 9.17) is 11.5 Å². The Morgan fingerprint density at radius 2 is 1.41 bits per heavy atom. The van der Waals surface area contributed by atoms with Crippen LogP contribution in [0.15, 0.2) is 0 Å². The van der Waals surface area contributed by atoms with E-state index < -0.39 is 0 Å². The second-order valence-electron chi connectivity index (χ2n) is 6.98. The lowest BCUT2D eigenvalue weighted by molar-refractivity contribution is 0.114. The van der Waals surface area contributed by atoms with Crippen LogP contribution in [-0.4, -0.2) is 35.1 Å². The lowest BCUT2D eigenvalue weighted by Crippen LogP contribution is -2.58. The molecule has 1 fully saturated rings. The van der Waals surface area contributed by atoms with E-state index in [0.717, 1.165) is 6.42 Å². The fourth-order valence-corrected chi connectivity index (χ4v) is 2.77. The second kappa shape index (κ2) is 5.68. The summed E-state index contributed by atoms with van der Waals surface area (Å²) < 4.78 is 0. The average molecular weight is 241 g/mol. The summed E-state index contributed by atoms with van der Waals surface area (Å²) in [6, 6.07) is 0.389. The molecular weight excluding hydrogens is 210 g/mol. The van der Waals surface area contributed by atoms with E-state index in [1.165, 1.54) is 38.8 Å². The van der Waals surface area contributed by atoms with Crippen LogP contribution in [0.2, 0.25) is 0 Å². The number of hydrogen-bond donors (Lipinski definition) is 2. The molecule has 1 aliphatic heterocycles. The quantitative estimate of drug-likeness (QED) is 0.792. The Hall–Kier alpha value is -0.120. The van der Waals surface area contributed by atoms with E-state index in [9.17, 15) is 0 Å². The molecule has 0 aliphatic carbocycles. The van der Waals surface area contributed by atoms with Crippen molar-refractivity contribution in [1.29, 1.82) is 0 Å². The molecule has 1 atom stereocenters. The SMILES string of the molecule is CC(C)(N)CC(N1CCCCCC1)C(C)(C)N. The van der Waals surface area contributed by atoms with Gasteiger partial charge in [-0.3, -0.25) is 4.90 Å². The minimum absolute atomic E-state index is 0.145. The van der Waals surface area contributed by atoms with Crippen LogP contribution in [0, 0.1) is 0 Å². The molecule has 1 aliphatic rings. The lowest BCUT2D eigenvalue weighted by atomic mass is 9.84. The molecule has 17 heavy (non-hydrogen) atoms. The van der Waals surface area contributed by atoms with Crippen LogP contribution >= 0.6 is 0 Å². The maximum atomic E-state index is 6.37. The van der Waals surface area contributed by atoms with Crippen LogP contribution in [0.25, 0.3) is 0 Å². The molecule has 1 heterocycles. The first-order valence-corrected chi connectivity index (χ1v) is 7.02. The Labute approximate surface area is 107 Å². The fraction of sp³-hybridized carbons (Fsp3) is 1.00. The van der Waals surface area contributed by atoms with Gasteiger partial charge < -0.3 is 11.5 Å². The third kappa shape index (κ3) is 5.36. The largest absolute Gasteiger partial charge is 0.326 e. The predicted molar refractivity (Wildman–Crippen MR) is 75.0 cm³/mol. The fourth-order valence-electron chi connectivity index (χ4n) is 2.77. The van der Waals surface area contributed by atoms with Gasteiger partial charge >= 0.3 is 0 Å². The first kappa shape index (κ1) is 14.9. The van der Waals surface area contributed by atoms with Gasteiger partial charge in [-0.15, -0.1) is 0 Å². The lowest BCUT2D eigenvalue weighted by Gasteiger charge is -2.42. The van der Waals surface area contributed by atoms with Crippen LogP contribution in [0.5, 0.6) is 0 Å². The van der Waals surface area contributed by atoms with Gasteiger partial charge in [0.05, 0.1) is 0 Å². The van der Waals surface area contributed by atoms with Crippen LogP contribution in [-0.2, 0) is 0 Å². The van der Waals surface area contributed by atoms with Crippen molar-refractivity contribution < 1.29 is 0 Å². The Balaban J connectivity index is 2.74. The normalized spacial score (nSPS) is 22.2. The van der Waals surface area contributed by atoms with Crippen molar-refractivity contribution in [3.8, 4) is 0 Å². The molecule has 0 aromatic heterocycles. The highest BCUT2D eigenvalue weighted by Gasteiger charge is 2.34. The van der Waals surface area contributed by atoms with Gasteiger partial charge in [0.1, 0.15) is 0 Å². The maximum Gasteiger partial charge on any atom is 0.0287 e. The third-order valence-electron chi connectivity index (χ3n) is 3.66. The van der Waals surface area contributed by atoms with Crippen molar-refractivity contribution >= 4 is 0 Å². The minimum Gasteiger partial charge on any atom is -0.326 e. The summed E-state index contributed by atoms with van der Waals surface area (Å²) in [6.45, 7) is 10.8. The molecule has 0 aromatic carbocycles. The highest BCUT2D eigenvalue weighted by Crippen LogP contribution is 2.24. The zero-order chi connectivity index (χ0) is 13.1. The summed E-state index contributed by atoms with van der Waals surface area (Å²) in [5.74, 6) is 0. The van der Waals surface area contributed by atoms with Crippen molar-refractivity contribution in [2.75, 3.05) is 13.1 Å². The molecule has 102 valence electrons. The Morgan fingerprint density at radius 3 is 1.76 bits per heavy atom. The highest BCUT2D eigenvalue weighted by atomic mass is 15.2. The van der Waals surface area contributed by atoms with E-state index >= 15 is 0 Å². The zero-order valence-electron chi connectivity index (χ0n) is 12.1. The third-order valence-corrected chi connectivity index (χ3v) is 3.66. The molecule has 1 saturated heterocycles. The summed E-state index contributed by atoms with van der Waals surface area (Å²) >= 11 is 0. The molecule has 0 amide bonds. The Morgan fingerprint density at radius 1 is 0.941 bits per heavy atom. The zero-order valence-corrected chi connectivity index (χ0v) is 12.1. The molecule has 0 saturated carbocycles. The first-order valence-electron chi connectivity index (χ1n) is 7.02. The smallest absolute Gasteiger partial charge is 0.0287 e. The van der Waals surface area contributed by atoms with Gasteiger partial charge in [0.25, 0.3) is 0 Å². The molecule has 4 N–H and O–H groups in total. The molecule has 1 rings (SSSR count). The summed E-state index contributed by atoms with van der Waals surface area (Å²) in [6.07, 6.45) is 6.30. The minimum atomic E-state index is -0.180. The van der Waals surface area contributed by atoms with Crippen molar-refractivity contribution in [3.63, 3.8) is 0 Å². The van der Waals surface area contributed by atoms with E-state index in [1.54, 1.807) is 0 Å². The van der Waals surface area contributed by atoms with Gasteiger partial charge in [-0.05, 0) is 60.0 Å². The monoisotopic (exact) mass is 241 g/mol. The summed E-state index contributed by atoms with van der Waals surface area (Å²) in [4.78, 5) is 2.57. The number of nitrogens with two attached hydrogens (primary N) is 2. The number of nitrogens with zero attached hydrogens (tertiary/aromatic N) is 1. The number of rotatable bonds is 4. The topological polar surface area (TPSA) is 55.3 Å². The molecule has 3 nitrogen and oxygen atoms in total. The molecule has 3 heteroatoms. The highest BCUT2D eigenvalue weighted by molar-refractivity contribution is 4.95. The predicted octanol–water partition coefficient (Wildman–Crippen LogP) is 2.10. The number of likely N-dealkylation sites (tertiary alicyclic amines) is 1. The second-order valence-corrected chi connectivity index (χ2v) is 6.98.